The molecule has 0 unspecified atom stereocenters. The molecule has 1 N–H and O–H groups in total. The number of fused-ring (bicyclic) bond motifs is 1. The molecule has 5 heteroatoms. The van der Waals surface area contributed by atoms with E-state index in [2.05, 4.69) is 30.1 Å². The van der Waals surface area contributed by atoms with E-state index in [0.717, 1.165) is 41.6 Å². The van der Waals surface area contributed by atoms with Crippen LogP contribution in [0.5, 0.6) is 0 Å². The molecule has 1 aromatic heterocycles. The highest BCUT2D eigenvalue weighted by Crippen LogP contribution is 2.42. The lowest BCUT2D eigenvalue weighted by molar-refractivity contribution is -0.115. The minimum atomic E-state index is -0.0605. The molecule has 1 fully saturated rings. The highest BCUT2D eigenvalue weighted by molar-refractivity contribution is 7.16. The van der Waals surface area contributed by atoms with E-state index < -0.39 is 0 Å². The first-order valence-corrected chi connectivity index (χ1v) is 11.9. The zero-order chi connectivity index (χ0) is 21.1. The third kappa shape index (κ3) is 4.61. The van der Waals surface area contributed by atoms with Gasteiger partial charge in [-0.25, -0.2) is 0 Å². The van der Waals surface area contributed by atoms with E-state index in [1.165, 1.54) is 37.0 Å². The molecular formula is C25H31N3OS. The van der Waals surface area contributed by atoms with Gasteiger partial charge in [-0.1, -0.05) is 49.6 Å². The fourth-order valence-corrected chi connectivity index (χ4v) is 6.28. The third-order valence-corrected chi connectivity index (χ3v) is 7.81. The second-order valence-corrected chi connectivity index (χ2v) is 10.5. The normalized spacial score (nSPS) is 19.1. The van der Waals surface area contributed by atoms with Gasteiger partial charge in [0.15, 0.2) is 0 Å². The third-order valence-electron chi connectivity index (χ3n) is 6.66. The van der Waals surface area contributed by atoms with Crippen LogP contribution in [0.2, 0.25) is 0 Å². The molecule has 1 aliphatic carbocycles. The molecule has 30 heavy (non-hydrogen) atoms. The van der Waals surface area contributed by atoms with Crippen molar-refractivity contribution >= 4 is 22.2 Å². The van der Waals surface area contributed by atoms with Crippen LogP contribution in [0.1, 0.15) is 67.5 Å². The van der Waals surface area contributed by atoms with Crippen LogP contribution in [0, 0.1) is 17.2 Å². The molecule has 1 aliphatic heterocycles. The number of benzene rings is 1. The summed E-state index contributed by atoms with van der Waals surface area (Å²) in [5, 5.41) is 13.6. The van der Waals surface area contributed by atoms with Gasteiger partial charge in [0.1, 0.15) is 11.1 Å². The van der Waals surface area contributed by atoms with E-state index in [9.17, 15) is 10.1 Å². The van der Waals surface area contributed by atoms with Crippen molar-refractivity contribution in [2.24, 2.45) is 5.92 Å². The fourth-order valence-electron chi connectivity index (χ4n) is 4.88. The molecule has 0 radical (unpaired) electrons. The van der Waals surface area contributed by atoms with Crippen LogP contribution in [-0.4, -0.2) is 22.9 Å². The molecule has 0 atom stereocenters. The SMILES string of the molecule is CC1(C)Cc2sc(NC(=O)Cc3ccccc3)c(C#N)c2CN1CC1CCCCC1. The van der Waals surface area contributed by atoms with Gasteiger partial charge >= 0.3 is 0 Å². The molecule has 4 rings (SSSR count). The Kier molecular flexibility index (Phi) is 6.26. The molecule has 0 bridgehead atoms. The van der Waals surface area contributed by atoms with Gasteiger partial charge in [-0.15, -0.1) is 11.3 Å². The van der Waals surface area contributed by atoms with Gasteiger partial charge < -0.3 is 5.32 Å². The Morgan fingerprint density at radius 3 is 2.67 bits per heavy atom. The van der Waals surface area contributed by atoms with Crippen molar-refractivity contribution < 1.29 is 4.79 Å². The van der Waals surface area contributed by atoms with Crippen molar-refractivity contribution in [3.8, 4) is 6.07 Å². The van der Waals surface area contributed by atoms with Crippen molar-refractivity contribution in [2.75, 3.05) is 11.9 Å². The van der Waals surface area contributed by atoms with Crippen LogP contribution in [0.3, 0.4) is 0 Å². The molecule has 2 aromatic rings. The average molecular weight is 422 g/mol. The second-order valence-electron chi connectivity index (χ2n) is 9.40. The maximum atomic E-state index is 12.6. The highest BCUT2D eigenvalue weighted by atomic mass is 32.1. The Balaban J connectivity index is 1.51. The number of amides is 1. The smallest absolute Gasteiger partial charge is 0.229 e. The van der Waals surface area contributed by atoms with E-state index in [1.807, 2.05) is 30.3 Å². The number of rotatable bonds is 5. The number of carbonyl (C=O) groups excluding carboxylic acids is 1. The summed E-state index contributed by atoms with van der Waals surface area (Å²) < 4.78 is 0. The lowest BCUT2D eigenvalue weighted by Crippen LogP contribution is -2.50. The van der Waals surface area contributed by atoms with Crippen molar-refractivity contribution in [1.29, 1.82) is 5.26 Å². The van der Waals surface area contributed by atoms with E-state index in [-0.39, 0.29) is 11.4 Å². The summed E-state index contributed by atoms with van der Waals surface area (Å²) in [4.78, 5) is 16.4. The molecule has 4 nitrogen and oxygen atoms in total. The standard InChI is InChI=1S/C25H31N3OS/c1-25(2)14-22-21(17-28(25)16-19-11-7-4-8-12-19)20(15-26)24(30-22)27-23(29)13-18-9-5-3-6-10-18/h3,5-6,9-10,19H,4,7-8,11-14,16-17H2,1-2H3,(H,27,29). The molecule has 0 spiro atoms. The van der Waals surface area contributed by atoms with Crippen LogP contribution in [0.15, 0.2) is 30.3 Å². The van der Waals surface area contributed by atoms with Gasteiger partial charge in [0, 0.05) is 35.5 Å². The first-order chi connectivity index (χ1) is 14.5. The quantitative estimate of drug-likeness (QED) is 0.692. The van der Waals surface area contributed by atoms with Gasteiger partial charge in [-0.3, -0.25) is 9.69 Å². The summed E-state index contributed by atoms with van der Waals surface area (Å²) in [6.07, 6.45) is 7.99. The van der Waals surface area contributed by atoms with Crippen molar-refractivity contribution in [1.82, 2.24) is 4.90 Å². The Labute approximate surface area is 183 Å². The van der Waals surface area contributed by atoms with Crippen molar-refractivity contribution in [3.63, 3.8) is 0 Å². The maximum Gasteiger partial charge on any atom is 0.229 e. The summed E-state index contributed by atoms with van der Waals surface area (Å²) >= 11 is 1.59. The summed E-state index contributed by atoms with van der Waals surface area (Å²) in [7, 11) is 0. The molecule has 1 saturated carbocycles. The first kappa shape index (κ1) is 21.1. The van der Waals surface area contributed by atoms with E-state index in [0.29, 0.717) is 12.0 Å². The number of nitrogens with zero attached hydrogens (tertiary/aromatic N) is 2. The zero-order valence-corrected chi connectivity index (χ0v) is 18.9. The van der Waals surface area contributed by atoms with E-state index in [4.69, 9.17) is 0 Å². The second kappa shape index (κ2) is 8.91. The van der Waals surface area contributed by atoms with Crippen molar-refractivity contribution in [2.45, 2.75) is 70.9 Å². The Morgan fingerprint density at radius 1 is 1.23 bits per heavy atom. The van der Waals surface area contributed by atoms with Crippen LogP contribution < -0.4 is 5.32 Å². The van der Waals surface area contributed by atoms with Crippen LogP contribution >= 0.6 is 11.3 Å². The molecule has 158 valence electrons. The number of hydrogen-bond donors (Lipinski definition) is 1. The van der Waals surface area contributed by atoms with Gasteiger partial charge in [0.2, 0.25) is 5.91 Å². The minimum absolute atomic E-state index is 0.0605. The van der Waals surface area contributed by atoms with Crippen molar-refractivity contribution in [3.05, 3.63) is 51.9 Å². The lowest BCUT2D eigenvalue weighted by atomic mass is 9.84. The fraction of sp³-hybridized carbons (Fsp3) is 0.520. The maximum absolute atomic E-state index is 12.6. The predicted octanol–water partition coefficient (Wildman–Crippen LogP) is 5.52. The number of carbonyl (C=O) groups is 1. The van der Waals surface area contributed by atoms with Crippen LogP contribution in [0.4, 0.5) is 5.00 Å². The average Bonchev–Trinajstić information content (AvgIpc) is 3.04. The summed E-state index contributed by atoms with van der Waals surface area (Å²) in [6, 6.07) is 12.1. The Morgan fingerprint density at radius 2 is 1.97 bits per heavy atom. The van der Waals surface area contributed by atoms with E-state index in [1.54, 1.807) is 11.3 Å². The summed E-state index contributed by atoms with van der Waals surface area (Å²) in [5.41, 5.74) is 2.86. The Bertz CT molecular complexity index is 935. The molecule has 2 aliphatic rings. The molecule has 0 saturated heterocycles. The number of nitriles is 1. The number of hydrogen-bond acceptors (Lipinski definition) is 4. The zero-order valence-electron chi connectivity index (χ0n) is 18.0. The largest absolute Gasteiger partial charge is 0.316 e. The van der Waals surface area contributed by atoms with Gasteiger partial charge in [-0.05, 0) is 38.2 Å². The first-order valence-electron chi connectivity index (χ1n) is 11.1. The van der Waals surface area contributed by atoms with E-state index >= 15 is 0 Å². The number of thiophene rings is 1. The monoisotopic (exact) mass is 421 g/mol. The van der Waals surface area contributed by atoms with Gasteiger partial charge in [-0.2, -0.15) is 5.26 Å². The molecule has 1 aromatic carbocycles. The number of nitrogens with one attached hydrogen (secondary N) is 1. The molecule has 1 amide bonds. The predicted molar refractivity (Wildman–Crippen MR) is 123 cm³/mol. The topological polar surface area (TPSA) is 56.1 Å². The van der Waals surface area contributed by atoms with Gasteiger partial charge in [0.05, 0.1) is 12.0 Å². The lowest BCUT2D eigenvalue weighted by Gasteiger charge is -2.44. The summed E-state index contributed by atoms with van der Waals surface area (Å²) in [5.74, 6) is 0.711. The van der Waals surface area contributed by atoms with Crippen LogP contribution in [-0.2, 0) is 24.2 Å². The van der Waals surface area contributed by atoms with Crippen LogP contribution in [0.25, 0.3) is 0 Å². The minimum Gasteiger partial charge on any atom is -0.316 e. The molecule has 2 heterocycles. The Hall–Kier alpha value is -2.16. The summed E-state index contributed by atoms with van der Waals surface area (Å²) in [6.45, 7) is 6.56. The van der Waals surface area contributed by atoms with Gasteiger partial charge in [0.25, 0.3) is 0 Å². The number of anilines is 1. The molecular weight excluding hydrogens is 390 g/mol. The highest BCUT2D eigenvalue weighted by Gasteiger charge is 2.37.